The second-order valence-electron chi connectivity index (χ2n) is 7.31. The van der Waals surface area contributed by atoms with Gasteiger partial charge in [-0.1, -0.05) is 35.9 Å². The van der Waals surface area contributed by atoms with Gasteiger partial charge in [0.2, 0.25) is 11.8 Å². The van der Waals surface area contributed by atoms with Gasteiger partial charge in [-0.25, -0.2) is 4.79 Å². The lowest BCUT2D eigenvalue weighted by atomic mass is 9.92. The van der Waals surface area contributed by atoms with Gasteiger partial charge in [-0.05, 0) is 42.2 Å². The summed E-state index contributed by atoms with van der Waals surface area (Å²) in [4.78, 5) is 50.2. The molecule has 0 bridgehead atoms. The zero-order valence-electron chi connectivity index (χ0n) is 16.1. The third-order valence-electron chi connectivity index (χ3n) is 5.29. The van der Waals surface area contributed by atoms with Crippen molar-refractivity contribution in [2.24, 2.45) is 0 Å². The van der Waals surface area contributed by atoms with Crippen LogP contribution in [0.25, 0.3) is 0 Å². The number of benzene rings is 2. The van der Waals surface area contributed by atoms with Crippen molar-refractivity contribution < 1.29 is 19.2 Å². The van der Waals surface area contributed by atoms with Gasteiger partial charge in [0.05, 0.1) is 10.7 Å². The predicted octanol–water partition coefficient (Wildman–Crippen LogP) is 2.63. The minimum Gasteiger partial charge on any atom is -0.326 e. The predicted molar refractivity (Wildman–Crippen MR) is 111 cm³/mol. The standard InChI is InChI=1S/C21H19ClN4O4/c1-12(27)23-14-6-7-17(16(22)10-14)24-18(28)11-26-19(29)21(25-20(26)30)9-8-13-4-2-3-5-15(13)21/h2-7,10H,8-9,11H2,1H3,(H,23,27)(H,24,28)(H,25,30). The molecule has 8 nitrogen and oxygen atoms in total. The number of amides is 5. The Morgan fingerprint density at radius 1 is 1.17 bits per heavy atom. The smallest absolute Gasteiger partial charge is 0.325 e. The number of urea groups is 1. The second kappa shape index (κ2) is 7.46. The van der Waals surface area contributed by atoms with Crippen LogP contribution >= 0.6 is 11.6 Å². The monoisotopic (exact) mass is 426 g/mol. The van der Waals surface area contributed by atoms with E-state index in [1.807, 2.05) is 24.3 Å². The highest BCUT2D eigenvalue weighted by Crippen LogP contribution is 2.41. The Hall–Kier alpha value is -3.39. The van der Waals surface area contributed by atoms with Crippen LogP contribution in [0.3, 0.4) is 0 Å². The molecule has 0 saturated carbocycles. The highest BCUT2D eigenvalue weighted by Gasteiger charge is 2.55. The first-order chi connectivity index (χ1) is 14.3. The fraction of sp³-hybridized carbons (Fsp3) is 0.238. The van der Waals surface area contributed by atoms with Crippen molar-refractivity contribution in [3.05, 3.63) is 58.6 Å². The van der Waals surface area contributed by atoms with Crippen molar-refractivity contribution in [1.29, 1.82) is 0 Å². The Balaban J connectivity index is 1.47. The van der Waals surface area contributed by atoms with Gasteiger partial charge in [0.1, 0.15) is 12.1 Å². The fourth-order valence-corrected chi connectivity index (χ4v) is 4.19. The number of hydrogen-bond donors (Lipinski definition) is 3. The average molecular weight is 427 g/mol. The number of aryl methyl sites for hydroxylation is 1. The number of carbonyl (C=O) groups is 4. The van der Waals surface area contributed by atoms with E-state index < -0.39 is 29.9 Å². The van der Waals surface area contributed by atoms with Crippen LogP contribution < -0.4 is 16.0 Å². The van der Waals surface area contributed by atoms with Crippen LogP contribution in [-0.2, 0) is 26.3 Å². The maximum absolute atomic E-state index is 13.1. The highest BCUT2D eigenvalue weighted by molar-refractivity contribution is 6.34. The molecule has 1 aliphatic heterocycles. The average Bonchev–Trinajstić information content (AvgIpc) is 3.17. The molecule has 0 radical (unpaired) electrons. The molecule has 3 N–H and O–H groups in total. The van der Waals surface area contributed by atoms with Crippen LogP contribution in [0.15, 0.2) is 42.5 Å². The summed E-state index contributed by atoms with van der Waals surface area (Å²) < 4.78 is 0. The lowest BCUT2D eigenvalue weighted by Gasteiger charge is -2.22. The van der Waals surface area contributed by atoms with Crippen molar-refractivity contribution in [1.82, 2.24) is 10.2 Å². The molecule has 2 aromatic rings. The normalized spacial score (nSPS) is 19.6. The lowest BCUT2D eigenvalue weighted by Crippen LogP contribution is -2.43. The van der Waals surface area contributed by atoms with Gasteiger partial charge in [0, 0.05) is 12.6 Å². The zero-order valence-corrected chi connectivity index (χ0v) is 16.9. The first kappa shape index (κ1) is 19.9. The van der Waals surface area contributed by atoms with Gasteiger partial charge in [-0.15, -0.1) is 0 Å². The molecular formula is C21H19ClN4O4. The first-order valence-electron chi connectivity index (χ1n) is 9.39. The molecule has 1 saturated heterocycles. The van der Waals surface area contributed by atoms with E-state index in [-0.39, 0.29) is 10.9 Å². The molecule has 2 aliphatic rings. The molecule has 5 amide bonds. The molecule has 154 valence electrons. The Labute approximate surface area is 177 Å². The summed E-state index contributed by atoms with van der Waals surface area (Å²) in [6, 6.07) is 11.5. The second-order valence-corrected chi connectivity index (χ2v) is 7.72. The lowest BCUT2D eigenvalue weighted by molar-refractivity contribution is -0.134. The van der Waals surface area contributed by atoms with Crippen LogP contribution in [0.4, 0.5) is 16.2 Å². The van der Waals surface area contributed by atoms with Gasteiger partial charge in [0.15, 0.2) is 0 Å². The van der Waals surface area contributed by atoms with Crippen LogP contribution in [-0.4, -0.2) is 35.2 Å². The zero-order chi connectivity index (χ0) is 21.5. The number of nitrogens with one attached hydrogen (secondary N) is 3. The van der Waals surface area contributed by atoms with Gasteiger partial charge >= 0.3 is 6.03 Å². The third-order valence-corrected chi connectivity index (χ3v) is 5.60. The van der Waals surface area contributed by atoms with E-state index in [1.54, 1.807) is 6.07 Å². The van der Waals surface area contributed by atoms with E-state index in [9.17, 15) is 19.2 Å². The SMILES string of the molecule is CC(=O)Nc1ccc(NC(=O)CN2C(=O)NC3(CCc4ccccc43)C2=O)c(Cl)c1. The van der Waals surface area contributed by atoms with E-state index >= 15 is 0 Å². The number of anilines is 2. The van der Waals surface area contributed by atoms with Crippen LogP contribution in [0.1, 0.15) is 24.5 Å². The Kier molecular flexibility index (Phi) is 4.95. The summed E-state index contributed by atoms with van der Waals surface area (Å²) in [7, 11) is 0. The topological polar surface area (TPSA) is 108 Å². The van der Waals surface area contributed by atoms with E-state index in [1.165, 1.54) is 19.1 Å². The molecular weight excluding hydrogens is 408 g/mol. The number of imide groups is 1. The number of rotatable bonds is 4. The van der Waals surface area contributed by atoms with Gasteiger partial charge in [-0.3, -0.25) is 19.3 Å². The summed E-state index contributed by atoms with van der Waals surface area (Å²) in [5.74, 6) is -1.24. The summed E-state index contributed by atoms with van der Waals surface area (Å²) in [6.07, 6.45) is 1.14. The van der Waals surface area contributed by atoms with E-state index in [0.717, 1.165) is 16.0 Å². The number of hydrogen-bond acceptors (Lipinski definition) is 4. The maximum atomic E-state index is 13.1. The van der Waals surface area contributed by atoms with E-state index in [4.69, 9.17) is 11.6 Å². The number of carbonyl (C=O) groups excluding carboxylic acids is 4. The molecule has 2 aromatic carbocycles. The van der Waals surface area contributed by atoms with Crippen LogP contribution in [0.2, 0.25) is 5.02 Å². The van der Waals surface area contributed by atoms with Crippen molar-refractivity contribution >= 4 is 46.7 Å². The van der Waals surface area contributed by atoms with E-state index in [0.29, 0.717) is 24.2 Å². The van der Waals surface area contributed by atoms with Crippen molar-refractivity contribution in [2.75, 3.05) is 17.2 Å². The molecule has 9 heteroatoms. The van der Waals surface area contributed by atoms with E-state index in [2.05, 4.69) is 16.0 Å². The van der Waals surface area contributed by atoms with Crippen LogP contribution in [0.5, 0.6) is 0 Å². The molecule has 1 spiro atoms. The Morgan fingerprint density at radius 2 is 1.93 bits per heavy atom. The minimum absolute atomic E-state index is 0.216. The van der Waals surface area contributed by atoms with Crippen molar-refractivity contribution in [2.45, 2.75) is 25.3 Å². The highest BCUT2D eigenvalue weighted by atomic mass is 35.5. The molecule has 1 unspecified atom stereocenters. The molecule has 1 atom stereocenters. The Morgan fingerprint density at radius 3 is 2.67 bits per heavy atom. The summed E-state index contributed by atoms with van der Waals surface area (Å²) >= 11 is 6.16. The molecule has 30 heavy (non-hydrogen) atoms. The molecule has 0 aromatic heterocycles. The number of fused-ring (bicyclic) bond motifs is 2. The van der Waals surface area contributed by atoms with Crippen molar-refractivity contribution in [3.8, 4) is 0 Å². The van der Waals surface area contributed by atoms with Gasteiger partial charge in [0.25, 0.3) is 5.91 Å². The minimum atomic E-state index is -1.11. The Bertz CT molecular complexity index is 1090. The van der Waals surface area contributed by atoms with Gasteiger partial charge in [-0.2, -0.15) is 0 Å². The molecule has 1 heterocycles. The van der Waals surface area contributed by atoms with Crippen molar-refractivity contribution in [3.63, 3.8) is 0 Å². The number of halogens is 1. The summed E-state index contributed by atoms with van der Waals surface area (Å²) in [5, 5.41) is 8.19. The first-order valence-corrected chi connectivity index (χ1v) is 9.77. The van der Waals surface area contributed by atoms with Crippen LogP contribution in [0, 0.1) is 0 Å². The quantitative estimate of drug-likeness (QED) is 0.653. The maximum Gasteiger partial charge on any atom is 0.325 e. The molecule has 4 rings (SSSR count). The molecule has 1 aliphatic carbocycles. The number of nitrogens with zero attached hydrogens (tertiary/aromatic N) is 1. The third kappa shape index (κ3) is 3.39. The largest absolute Gasteiger partial charge is 0.326 e. The van der Waals surface area contributed by atoms with Gasteiger partial charge < -0.3 is 16.0 Å². The molecule has 1 fully saturated rings. The fourth-order valence-electron chi connectivity index (χ4n) is 3.96. The summed E-state index contributed by atoms with van der Waals surface area (Å²) in [5.41, 5.74) is 1.49. The summed E-state index contributed by atoms with van der Waals surface area (Å²) in [6.45, 7) is 0.940.